The fourth-order valence-corrected chi connectivity index (χ4v) is 2.08. The van der Waals surface area contributed by atoms with Crippen LogP contribution in [-0.2, 0) is 6.54 Å². The lowest BCUT2D eigenvalue weighted by Crippen LogP contribution is -2.15. The van der Waals surface area contributed by atoms with Crippen LogP contribution >= 0.6 is 0 Å². The molecule has 3 rings (SSSR count). The summed E-state index contributed by atoms with van der Waals surface area (Å²) in [5.74, 6) is -0.194. The number of pyridine rings is 1. The molecule has 0 unspecified atom stereocenters. The minimum absolute atomic E-state index is 0.194. The molecule has 19 heavy (non-hydrogen) atoms. The summed E-state index contributed by atoms with van der Waals surface area (Å²) in [6, 6.07) is 9.78. The summed E-state index contributed by atoms with van der Waals surface area (Å²) in [5.41, 5.74) is 3.51. The number of hydrogen-bond donors (Lipinski definition) is 1. The molecule has 1 aromatic heterocycles. The molecule has 1 aromatic carbocycles. The van der Waals surface area contributed by atoms with E-state index in [2.05, 4.69) is 10.3 Å². The molecule has 3 heteroatoms. The van der Waals surface area contributed by atoms with Gasteiger partial charge in [0.1, 0.15) is 5.82 Å². The number of hydrogen-bond acceptors (Lipinski definition) is 2. The minimum atomic E-state index is -0.194. The Labute approximate surface area is 112 Å². The van der Waals surface area contributed by atoms with Crippen LogP contribution in [0.4, 0.5) is 4.39 Å². The molecule has 2 aromatic rings. The monoisotopic (exact) mass is 256 g/mol. The minimum Gasteiger partial charge on any atom is -0.310 e. The zero-order valence-electron chi connectivity index (χ0n) is 11.0. The van der Waals surface area contributed by atoms with E-state index in [1.54, 1.807) is 12.3 Å². The Morgan fingerprint density at radius 1 is 1.26 bits per heavy atom. The third-order valence-corrected chi connectivity index (χ3v) is 3.43. The average Bonchev–Trinajstić information content (AvgIpc) is 3.23. The molecular formula is C16H17FN2. The highest BCUT2D eigenvalue weighted by Gasteiger charge is 2.20. The lowest BCUT2D eigenvalue weighted by atomic mass is 10.0. The largest absolute Gasteiger partial charge is 0.310 e. The lowest BCUT2D eigenvalue weighted by molar-refractivity contribution is 0.628. The fraction of sp³-hybridized carbons (Fsp3) is 0.312. The molecular weight excluding hydrogens is 239 g/mol. The molecule has 0 bridgehead atoms. The van der Waals surface area contributed by atoms with Crippen molar-refractivity contribution in [3.63, 3.8) is 0 Å². The van der Waals surface area contributed by atoms with Gasteiger partial charge in [-0.05, 0) is 43.5 Å². The van der Waals surface area contributed by atoms with E-state index < -0.39 is 0 Å². The Kier molecular flexibility index (Phi) is 3.30. The molecule has 0 atom stereocenters. The van der Waals surface area contributed by atoms with E-state index in [0.717, 1.165) is 23.4 Å². The highest BCUT2D eigenvalue weighted by Crippen LogP contribution is 2.24. The second-order valence-electron chi connectivity index (χ2n) is 5.16. The van der Waals surface area contributed by atoms with Gasteiger partial charge < -0.3 is 5.32 Å². The highest BCUT2D eigenvalue weighted by molar-refractivity contribution is 5.64. The summed E-state index contributed by atoms with van der Waals surface area (Å²) in [5, 5.41) is 3.44. The summed E-state index contributed by atoms with van der Waals surface area (Å²) in [7, 11) is 0. The Bertz CT molecular complexity index is 574. The van der Waals surface area contributed by atoms with Crippen molar-refractivity contribution in [2.75, 3.05) is 0 Å². The molecule has 1 aliphatic rings. The standard InChI is InChI=1S/C16H17FN2/c1-11-2-4-13(10-18-11)15-8-12(3-7-16(15)17)9-19-14-5-6-14/h2-4,7-8,10,14,19H,5-6,9H2,1H3. The van der Waals surface area contributed by atoms with Crippen molar-refractivity contribution >= 4 is 0 Å². The van der Waals surface area contributed by atoms with E-state index in [4.69, 9.17) is 0 Å². The highest BCUT2D eigenvalue weighted by atomic mass is 19.1. The quantitative estimate of drug-likeness (QED) is 0.906. The van der Waals surface area contributed by atoms with Crippen LogP contribution in [0.1, 0.15) is 24.1 Å². The van der Waals surface area contributed by atoms with Crippen molar-refractivity contribution in [1.82, 2.24) is 10.3 Å². The number of rotatable bonds is 4. The van der Waals surface area contributed by atoms with E-state index >= 15 is 0 Å². The van der Waals surface area contributed by atoms with Gasteiger partial charge in [-0.1, -0.05) is 12.1 Å². The smallest absolute Gasteiger partial charge is 0.131 e. The van der Waals surface area contributed by atoms with Crippen LogP contribution in [0.3, 0.4) is 0 Å². The SMILES string of the molecule is Cc1ccc(-c2cc(CNC3CC3)ccc2F)cn1. The Morgan fingerprint density at radius 3 is 2.79 bits per heavy atom. The van der Waals surface area contributed by atoms with Crippen molar-refractivity contribution in [3.8, 4) is 11.1 Å². The molecule has 1 N–H and O–H groups in total. The van der Waals surface area contributed by atoms with Crippen molar-refractivity contribution in [2.45, 2.75) is 32.4 Å². The maximum absolute atomic E-state index is 13.9. The molecule has 0 saturated heterocycles. The molecule has 0 amide bonds. The van der Waals surface area contributed by atoms with Crippen LogP contribution in [0.25, 0.3) is 11.1 Å². The molecule has 1 fully saturated rings. The van der Waals surface area contributed by atoms with E-state index in [1.807, 2.05) is 31.2 Å². The second-order valence-corrected chi connectivity index (χ2v) is 5.16. The first-order valence-electron chi connectivity index (χ1n) is 6.67. The summed E-state index contributed by atoms with van der Waals surface area (Å²) in [4.78, 5) is 4.23. The van der Waals surface area contributed by atoms with Crippen LogP contribution < -0.4 is 5.32 Å². The van der Waals surface area contributed by atoms with Crippen molar-refractivity contribution < 1.29 is 4.39 Å². The first-order chi connectivity index (χ1) is 9.22. The molecule has 0 spiro atoms. The molecule has 98 valence electrons. The first-order valence-corrected chi connectivity index (χ1v) is 6.67. The zero-order chi connectivity index (χ0) is 13.2. The topological polar surface area (TPSA) is 24.9 Å². The third kappa shape index (κ3) is 2.99. The van der Waals surface area contributed by atoms with Crippen LogP contribution in [0.2, 0.25) is 0 Å². The number of nitrogens with one attached hydrogen (secondary N) is 1. The van der Waals surface area contributed by atoms with E-state index in [1.165, 1.54) is 12.8 Å². The zero-order valence-corrected chi connectivity index (χ0v) is 11.0. The number of nitrogens with zero attached hydrogens (tertiary/aromatic N) is 1. The van der Waals surface area contributed by atoms with Gasteiger partial charge in [-0.25, -0.2) is 4.39 Å². The van der Waals surface area contributed by atoms with Gasteiger partial charge in [0.15, 0.2) is 0 Å². The van der Waals surface area contributed by atoms with Gasteiger partial charge in [-0.15, -0.1) is 0 Å². The first kappa shape index (κ1) is 12.3. The van der Waals surface area contributed by atoms with E-state index in [-0.39, 0.29) is 5.82 Å². The summed E-state index contributed by atoms with van der Waals surface area (Å²) in [6.07, 6.45) is 4.25. The van der Waals surface area contributed by atoms with E-state index in [0.29, 0.717) is 11.6 Å². The predicted octanol–water partition coefficient (Wildman–Crippen LogP) is 3.45. The van der Waals surface area contributed by atoms with Gasteiger partial charge in [0, 0.05) is 35.6 Å². The van der Waals surface area contributed by atoms with Crippen molar-refractivity contribution in [2.24, 2.45) is 0 Å². The third-order valence-electron chi connectivity index (χ3n) is 3.43. The lowest BCUT2D eigenvalue weighted by Gasteiger charge is -2.08. The number of aromatic nitrogens is 1. The Morgan fingerprint density at radius 2 is 2.11 bits per heavy atom. The van der Waals surface area contributed by atoms with Gasteiger partial charge in [0.25, 0.3) is 0 Å². The fourth-order valence-electron chi connectivity index (χ4n) is 2.08. The summed E-state index contributed by atoms with van der Waals surface area (Å²) in [6.45, 7) is 2.73. The molecule has 1 heterocycles. The number of halogens is 1. The van der Waals surface area contributed by atoms with Crippen LogP contribution in [0, 0.1) is 12.7 Å². The van der Waals surface area contributed by atoms with Gasteiger partial charge in [0.2, 0.25) is 0 Å². The maximum atomic E-state index is 13.9. The van der Waals surface area contributed by atoms with Crippen LogP contribution in [-0.4, -0.2) is 11.0 Å². The van der Waals surface area contributed by atoms with Crippen LogP contribution in [0.15, 0.2) is 36.5 Å². The summed E-state index contributed by atoms with van der Waals surface area (Å²) < 4.78 is 13.9. The van der Waals surface area contributed by atoms with Crippen LogP contribution in [0.5, 0.6) is 0 Å². The van der Waals surface area contributed by atoms with E-state index in [9.17, 15) is 4.39 Å². The summed E-state index contributed by atoms with van der Waals surface area (Å²) >= 11 is 0. The number of benzene rings is 1. The predicted molar refractivity (Wildman–Crippen MR) is 74.2 cm³/mol. The molecule has 0 radical (unpaired) electrons. The molecule has 1 aliphatic carbocycles. The van der Waals surface area contributed by atoms with Gasteiger partial charge in [-0.2, -0.15) is 0 Å². The Hall–Kier alpha value is -1.74. The van der Waals surface area contributed by atoms with Crippen molar-refractivity contribution in [1.29, 1.82) is 0 Å². The maximum Gasteiger partial charge on any atom is 0.131 e. The number of aryl methyl sites for hydroxylation is 1. The normalized spacial score (nSPS) is 14.6. The Balaban J connectivity index is 1.85. The van der Waals surface area contributed by atoms with Crippen molar-refractivity contribution in [3.05, 3.63) is 53.6 Å². The van der Waals surface area contributed by atoms with Gasteiger partial charge in [-0.3, -0.25) is 4.98 Å². The molecule has 0 aliphatic heterocycles. The van der Waals surface area contributed by atoms with Gasteiger partial charge in [0.05, 0.1) is 0 Å². The van der Waals surface area contributed by atoms with Gasteiger partial charge >= 0.3 is 0 Å². The average molecular weight is 256 g/mol. The second kappa shape index (κ2) is 5.10. The molecule has 2 nitrogen and oxygen atoms in total. The molecule has 1 saturated carbocycles.